The molecule has 0 amide bonds. The molecule has 100 heavy (non-hydrogen) atoms. The van der Waals surface area contributed by atoms with E-state index in [-0.39, 0.29) is 0 Å². The van der Waals surface area contributed by atoms with Crippen molar-refractivity contribution in [3.63, 3.8) is 0 Å². The van der Waals surface area contributed by atoms with Gasteiger partial charge < -0.3 is 0 Å². The van der Waals surface area contributed by atoms with Crippen LogP contribution in [-0.4, -0.2) is 19.9 Å². The van der Waals surface area contributed by atoms with Crippen LogP contribution in [0.2, 0.25) is 0 Å². The lowest BCUT2D eigenvalue weighted by atomic mass is 9.89. The molecule has 2 aromatic heterocycles. The Balaban J connectivity index is 0.659. The zero-order valence-corrected chi connectivity index (χ0v) is 54.0. The van der Waals surface area contributed by atoms with Crippen LogP contribution in [0.5, 0.6) is 0 Å². The van der Waals surface area contributed by atoms with E-state index in [2.05, 4.69) is 322 Å². The van der Waals surface area contributed by atoms with Crippen LogP contribution in [0.3, 0.4) is 0 Å². The molecule has 0 fully saturated rings. The van der Waals surface area contributed by atoms with E-state index in [0.717, 1.165) is 65.8 Å². The Morgan fingerprint density at radius 2 is 0.600 bits per heavy atom. The SMILES string of the molecule is c1cc(-c2ccc3ccccc3c2)cc(-c2cnc3ccc(-c4ccc5c6c(cc7ccccc7c46)-c4ccc6c(-c7ccc8ccc(-c9nc(-c%10ccc%11ccccc%11c%10)nc(-c%10ccc%11c%12c(cc%13ccccc%13c%10%12)-c%10ccc%12ccccc%12c%10-%11)n9)cc8c7)cccc6c4-5)cc3c2)c1. The van der Waals surface area contributed by atoms with Crippen molar-refractivity contribution >= 4 is 108 Å². The Kier molecular flexibility index (Phi) is 11.6. The molecule has 22 rings (SSSR count). The summed E-state index contributed by atoms with van der Waals surface area (Å²) < 4.78 is 0. The van der Waals surface area contributed by atoms with Crippen molar-refractivity contribution < 1.29 is 0 Å². The number of fused-ring (bicyclic) bond motifs is 18. The minimum atomic E-state index is 0.620. The predicted molar refractivity (Wildman–Crippen MR) is 420 cm³/mol. The fourth-order valence-corrected chi connectivity index (χ4v) is 17.0. The van der Waals surface area contributed by atoms with Crippen molar-refractivity contribution in [3.8, 4) is 123 Å². The summed E-state index contributed by atoms with van der Waals surface area (Å²) >= 11 is 0. The van der Waals surface area contributed by atoms with Crippen molar-refractivity contribution in [2.75, 3.05) is 0 Å². The van der Waals surface area contributed by atoms with E-state index >= 15 is 0 Å². The molecule has 0 aliphatic heterocycles. The quantitative estimate of drug-likeness (QED) is 0.149. The van der Waals surface area contributed by atoms with Crippen molar-refractivity contribution in [1.29, 1.82) is 0 Å². The van der Waals surface area contributed by atoms with Crippen LogP contribution in [-0.2, 0) is 0 Å². The maximum absolute atomic E-state index is 5.55. The van der Waals surface area contributed by atoms with Gasteiger partial charge in [0.25, 0.3) is 0 Å². The molecule has 458 valence electrons. The molecule has 2 heterocycles. The van der Waals surface area contributed by atoms with Gasteiger partial charge in [-0.05, 0) is 242 Å². The Hall–Kier alpha value is -13.3. The third kappa shape index (κ3) is 8.28. The van der Waals surface area contributed by atoms with E-state index in [4.69, 9.17) is 19.9 Å². The summed E-state index contributed by atoms with van der Waals surface area (Å²) in [6, 6.07) is 119. The number of nitrogens with zero attached hydrogens (tertiary/aromatic N) is 4. The normalized spacial score (nSPS) is 12.2. The van der Waals surface area contributed by atoms with E-state index in [1.807, 2.05) is 6.20 Å². The molecule has 4 heteroatoms. The van der Waals surface area contributed by atoms with Crippen LogP contribution in [0.4, 0.5) is 0 Å². The van der Waals surface area contributed by atoms with Crippen LogP contribution in [0.1, 0.15) is 0 Å². The van der Waals surface area contributed by atoms with Crippen molar-refractivity contribution in [3.05, 3.63) is 328 Å². The molecular formula is C96H54N4. The Morgan fingerprint density at radius 1 is 0.170 bits per heavy atom. The highest BCUT2D eigenvalue weighted by Crippen LogP contribution is 2.57. The van der Waals surface area contributed by atoms with E-state index in [1.165, 1.54) is 148 Å². The average Bonchev–Trinajstić information content (AvgIpc) is 1.54. The summed E-state index contributed by atoms with van der Waals surface area (Å²) in [6.45, 7) is 0. The monoisotopic (exact) mass is 1260 g/mol. The minimum absolute atomic E-state index is 0.620. The van der Waals surface area contributed by atoms with Gasteiger partial charge >= 0.3 is 0 Å². The number of aromatic nitrogens is 4. The molecule has 0 N–H and O–H groups in total. The molecule has 0 saturated carbocycles. The second-order valence-electron chi connectivity index (χ2n) is 27.1. The van der Waals surface area contributed by atoms with Crippen LogP contribution in [0.25, 0.3) is 231 Å². The van der Waals surface area contributed by atoms with Gasteiger partial charge in [0.1, 0.15) is 0 Å². The molecule has 0 saturated heterocycles. The first kappa shape index (κ1) is 54.9. The Labute approximate surface area is 575 Å². The lowest BCUT2D eigenvalue weighted by Crippen LogP contribution is -2.01. The van der Waals surface area contributed by atoms with Gasteiger partial charge in [-0.25, -0.2) is 15.0 Å². The standard InChI is InChI=1S/C96H54N4/c1-3-16-59-45-63(31-27-55(59)13-1)61-20-11-21-62(46-61)72-51-71-49-67(36-44-87(71)97-54-72)77-38-41-83-89-79-26-12-25-73(78(79)39-40-81(89)86-52-64-18-6-9-23-75(64)90(77)92(83)86)66-32-28-57-30-34-69(50-70(57)48-66)95-98-94(68-33-29-56-14-2-4-17-60(56)47-68)99-96(100-95)84-43-42-82-88-74-22-8-5-15-58(74)35-37-80(88)85-53-65-19-7-10-24-76(65)91(84)93(82)85/h1-54H. The van der Waals surface area contributed by atoms with Gasteiger partial charge in [-0.3, -0.25) is 4.98 Å². The second kappa shape index (κ2) is 21.1. The van der Waals surface area contributed by atoms with Gasteiger partial charge in [0.05, 0.1) is 5.52 Å². The molecular weight excluding hydrogens is 1210 g/mol. The van der Waals surface area contributed by atoms with Crippen molar-refractivity contribution in [2.24, 2.45) is 0 Å². The smallest absolute Gasteiger partial charge is 0.164 e. The maximum Gasteiger partial charge on any atom is 0.164 e. The van der Waals surface area contributed by atoms with Gasteiger partial charge in [0.2, 0.25) is 0 Å². The molecule has 2 aliphatic rings. The van der Waals surface area contributed by atoms with Crippen molar-refractivity contribution in [1.82, 2.24) is 19.9 Å². The number of benzene rings is 18. The molecule has 2 aliphatic carbocycles. The summed E-state index contributed by atoms with van der Waals surface area (Å²) in [5, 5.41) is 22.9. The van der Waals surface area contributed by atoms with Gasteiger partial charge in [-0.15, -0.1) is 0 Å². The van der Waals surface area contributed by atoms with E-state index in [0.29, 0.717) is 17.5 Å². The minimum Gasteiger partial charge on any atom is -0.256 e. The fraction of sp³-hybridized carbons (Fsp3) is 0. The van der Waals surface area contributed by atoms with Crippen molar-refractivity contribution in [2.45, 2.75) is 0 Å². The van der Waals surface area contributed by atoms with Crippen LogP contribution < -0.4 is 0 Å². The summed E-state index contributed by atoms with van der Waals surface area (Å²) in [5.74, 6) is 1.88. The van der Waals surface area contributed by atoms with E-state index < -0.39 is 0 Å². The third-order valence-electron chi connectivity index (χ3n) is 21.7. The zero-order chi connectivity index (χ0) is 65.3. The lowest BCUT2D eigenvalue weighted by Gasteiger charge is -2.15. The number of hydrogen-bond donors (Lipinski definition) is 0. The lowest BCUT2D eigenvalue weighted by molar-refractivity contribution is 1.08. The molecule has 0 bridgehead atoms. The highest BCUT2D eigenvalue weighted by atomic mass is 15.0. The average molecular weight is 1260 g/mol. The number of pyridine rings is 1. The third-order valence-corrected chi connectivity index (χ3v) is 21.7. The van der Waals surface area contributed by atoms with Gasteiger partial charge in [0.15, 0.2) is 17.5 Å². The molecule has 0 spiro atoms. The highest BCUT2D eigenvalue weighted by Gasteiger charge is 2.30. The molecule has 0 radical (unpaired) electrons. The largest absolute Gasteiger partial charge is 0.256 e. The number of hydrogen-bond acceptors (Lipinski definition) is 4. The summed E-state index contributed by atoms with van der Waals surface area (Å²) in [5.41, 5.74) is 23.2. The second-order valence-corrected chi connectivity index (χ2v) is 27.1. The molecule has 18 aromatic carbocycles. The molecule has 0 unspecified atom stereocenters. The Bertz CT molecular complexity index is 7040. The van der Waals surface area contributed by atoms with Gasteiger partial charge in [-0.1, -0.05) is 255 Å². The van der Waals surface area contributed by atoms with Crippen LogP contribution >= 0.6 is 0 Å². The Morgan fingerprint density at radius 3 is 1.30 bits per heavy atom. The topological polar surface area (TPSA) is 51.6 Å². The van der Waals surface area contributed by atoms with E-state index in [1.54, 1.807) is 0 Å². The molecule has 4 nitrogen and oxygen atoms in total. The number of rotatable bonds is 7. The first-order valence-electron chi connectivity index (χ1n) is 34.4. The molecule has 0 atom stereocenters. The van der Waals surface area contributed by atoms with Gasteiger partial charge in [0, 0.05) is 39.2 Å². The fourth-order valence-electron chi connectivity index (χ4n) is 17.0. The predicted octanol–water partition coefficient (Wildman–Crippen LogP) is 25.8. The maximum atomic E-state index is 5.55. The van der Waals surface area contributed by atoms with Crippen LogP contribution in [0.15, 0.2) is 328 Å². The summed E-state index contributed by atoms with van der Waals surface area (Å²) in [7, 11) is 0. The van der Waals surface area contributed by atoms with E-state index in [9.17, 15) is 0 Å². The summed E-state index contributed by atoms with van der Waals surface area (Å²) in [6.07, 6.45) is 2.02. The first-order chi connectivity index (χ1) is 49.5. The molecule has 20 aromatic rings. The zero-order valence-electron chi connectivity index (χ0n) is 54.0. The first-order valence-corrected chi connectivity index (χ1v) is 34.4. The summed E-state index contributed by atoms with van der Waals surface area (Å²) in [4.78, 5) is 21.5. The highest BCUT2D eigenvalue weighted by molar-refractivity contribution is 6.32. The van der Waals surface area contributed by atoms with Gasteiger partial charge in [-0.2, -0.15) is 0 Å². The van der Waals surface area contributed by atoms with Crippen LogP contribution in [0, 0.1) is 0 Å².